The Labute approximate surface area is 116 Å². The lowest BCUT2D eigenvalue weighted by molar-refractivity contribution is -0.129. The molecule has 0 radical (unpaired) electrons. The lowest BCUT2D eigenvalue weighted by Crippen LogP contribution is -2.43. The highest BCUT2D eigenvalue weighted by molar-refractivity contribution is 5.92. The fraction of sp³-hybridized carbons (Fsp3) is 0.357. The molecule has 0 saturated heterocycles. The number of Topliss-reactive ketones (excluding diaryl/α,β-unsaturated/α-hetero) is 2. The number of rotatable bonds is 7. The average molecular weight is 279 g/mol. The molecule has 1 aromatic carbocycles. The molecule has 20 heavy (non-hydrogen) atoms. The van der Waals surface area contributed by atoms with Gasteiger partial charge in [-0.05, 0) is 38.1 Å². The van der Waals surface area contributed by atoms with Crippen LogP contribution < -0.4 is 10.1 Å². The Balaban J connectivity index is 2.47. The summed E-state index contributed by atoms with van der Waals surface area (Å²) in [6, 6.07) is 5.08. The summed E-state index contributed by atoms with van der Waals surface area (Å²) in [7, 11) is 0. The number of ether oxygens (including phenoxy) is 1. The second kappa shape index (κ2) is 7.28. The number of nitrogens with one attached hydrogen (secondary N) is 1. The molecule has 2 N–H and O–H groups in total. The lowest BCUT2D eigenvalue weighted by atomic mass is 10.1. The monoisotopic (exact) mass is 279 g/mol. The van der Waals surface area contributed by atoms with Gasteiger partial charge in [0.25, 0.3) is 5.91 Å². The molecule has 0 saturated carbocycles. The van der Waals surface area contributed by atoms with Gasteiger partial charge in [0.15, 0.2) is 12.4 Å². The van der Waals surface area contributed by atoms with E-state index in [0.29, 0.717) is 5.75 Å². The van der Waals surface area contributed by atoms with Crippen LogP contribution in [0, 0.1) is 0 Å². The molecule has 0 heterocycles. The van der Waals surface area contributed by atoms with E-state index in [9.17, 15) is 14.4 Å². The summed E-state index contributed by atoms with van der Waals surface area (Å²) in [6.07, 6.45) is -0.0275. The molecule has 0 aliphatic rings. The van der Waals surface area contributed by atoms with Gasteiger partial charge in [-0.2, -0.15) is 0 Å². The number of amides is 1. The predicted octanol–water partition coefficient (Wildman–Crippen LogP) is 0.824. The molecule has 1 aromatic rings. The third-order valence-electron chi connectivity index (χ3n) is 2.52. The number of hydrogen-bond acceptors (Lipinski definition) is 5. The third kappa shape index (κ3) is 5.51. The van der Waals surface area contributed by atoms with Gasteiger partial charge >= 0.3 is 0 Å². The summed E-state index contributed by atoms with van der Waals surface area (Å²) < 4.78 is 5.19. The van der Waals surface area contributed by atoms with E-state index in [1.807, 2.05) is 0 Å². The van der Waals surface area contributed by atoms with Crippen LogP contribution in [-0.2, 0) is 14.4 Å². The number of phenols is 1. The number of carbonyl (C=O) groups excluding carboxylic acids is 3. The van der Waals surface area contributed by atoms with Crippen LogP contribution in [0.4, 0.5) is 0 Å². The van der Waals surface area contributed by atoms with Crippen LogP contribution in [0.1, 0.15) is 20.3 Å². The van der Waals surface area contributed by atoms with Crippen molar-refractivity contribution in [3.63, 3.8) is 0 Å². The minimum Gasteiger partial charge on any atom is -0.508 e. The minimum absolute atomic E-state index is 0.0275. The van der Waals surface area contributed by atoms with Gasteiger partial charge in [0.1, 0.15) is 17.3 Å². The quantitative estimate of drug-likeness (QED) is 0.771. The molecule has 6 nitrogen and oxygen atoms in total. The molecule has 1 rings (SSSR count). The van der Waals surface area contributed by atoms with Crippen molar-refractivity contribution in [2.24, 2.45) is 0 Å². The molecule has 0 aromatic heterocycles. The van der Waals surface area contributed by atoms with E-state index in [0.717, 1.165) is 0 Å². The molecule has 0 aliphatic heterocycles. The van der Waals surface area contributed by atoms with Crippen molar-refractivity contribution in [3.8, 4) is 11.5 Å². The average Bonchev–Trinajstić information content (AvgIpc) is 2.36. The van der Waals surface area contributed by atoms with Gasteiger partial charge < -0.3 is 15.2 Å². The molecular formula is C14H17NO5. The number of hydrogen-bond donors (Lipinski definition) is 2. The fourth-order valence-electron chi connectivity index (χ4n) is 1.51. The molecule has 108 valence electrons. The molecule has 6 heteroatoms. The number of carbonyl (C=O) groups is 3. The standard InChI is InChI=1S/C14H17NO5/c1-9(16)7-13(10(2)17)15-14(19)8-20-12-5-3-11(18)4-6-12/h3-6,13,18H,7-8H2,1-2H3,(H,15,19). The SMILES string of the molecule is CC(=O)CC(NC(=O)COc1ccc(O)cc1)C(C)=O. The van der Waals surface area contributed by atoms with E-state index in [1.54, 1.807) is 0 Å². The highest BCUT2D eigenvalue weighted by Crippen LogP contribution is 2.15. The number of phenolic OH excluding ortho intramolecular Hbond substituents is 1. The highest BCUT2D eigenvalue weighted by Gasteiger charge is 2.18. The van der Waals surface area contributed by atoms with Crippen molar-refractivity contribution in [1.29, 1.82) is 0 Å². The van der Waals surface area contributed by atoms with Gasteiger partial charge in [0.05, 0.1) is 6.04 Å². The van der Waals surface area contributed by atoms with Crippen LogP contribution in [0.5, 0.6) is 11.5 Å². The Morgan fingerprint density at radius 3 is 2.30 bits per heavy atom. The van der Waals surface area contributed by atoms with Crippen molar-refractivity contribution in [1.82, 2.24) is 5.32 Å². The Bertz CT molecular complexity index is 495. The summed E-state index contributed by atoms with van der Waals surface area (Å²) in [5, 5.41) is 11.5. The molecule has 0 aliphatic carbocycles. The highest BCUT2D eigenvalue weighted by atomic mass is 16.5. The first-order valence-electron chi connectivity index (χ1n) is 6.09. The van der Waals surface area contributed by atoms with Crippen LogP contribution in [-0.4, -0.2) is 35.2 Å². The van der Waals surface area contributed by atoms with Crippen LogP contribution in [0.2, 0.25) is 0 Å². The topological polar surface area (TPSA) is 92.7 Å². The second-order valence-electron chi connectivity index (χ2n) is 4.42. The van der Waals surface area contributed by atoms with Crippen molar-refractivity contribution in [2.75, 3.05) is 6.61 Å². The van der Waals surface area contributed by atoms with Gasteiger partial charge in [-0.1, -0.05) is 0 Å². The smallest absolute Gasteiger partial charge is 0.258 e. The van der Waals surface area contributed by atoms with Crippen molar-refractivity contribution < 1.29 is 24.2 Å². The Morgan fingerprint density at radius 1 is 1.20 bits per heavy atom. The Kier molecular flexibility index (Phi) is 5.71. The second-order valence-corrected chi connectivity index (χ2v) is 4.42. The van der Waals surface area contributed by atoms with Gasteiger partial charge in [-0.15, -0.1) is 0 Å². The van der Waals surface area contributed by atoms with Crippen molar-refractivity contribution in [2.45, 2.75) is 26.3 Å². The van der Waals surface area contributed by atoms with E-state index < -0.39 is 11.9 Å². The summed E-state index contributed by atoms with van der Waals surface area (Å²) in [6.45, 7) is 2.40. The largest absolute Gasteiger partial charge is 0.508 e. The minimum atomic E-state index is -0.816. The van der Waals surface area contributed by atoms with E-state index >= 15 is 0 Å². The Hall–Kier alpha value is -2.37. The Morgan fingerprint density at radius 2 is 1.80 bits per heavy atom. The molecule has 0 bridgehead atoms. The van der Waals surface area contributed by atoms with Crippen LogP contribution >= 0.6 is 0 Å². The number of benzene rings is 1. The summed E-state index contributed by atoms with van der Waals surface area (Å²) in [5.74, 6) is -0.425. The first kappa shape index (κ1) is 15.7. The van der Waals surface area contributed by atoms with Crippen molar-refractivity contribution in [3.05, 3.63) is 24.3 Å². The predicted molar refractivity (Wildman–Crippen MR) is 71.5 cm³/mol. The zero-order chi connectivity index (χ0) is 15.1. The third-order valence-corrected chi connectivity index (χ3v) is 2.52. The number of aromatic hydroxyl groups is 1. The van der Waals surface area contributed by atoms with Gasteiger partial charge in [-0.3, -0.25) is 14.4 Å². The normalized spacial score (nSPS) is 11.5. The first-order chi connectivity index (χ1) is 9.38. The number of ketones is 2. The van der Waals surface area contributed by atoms with E-state index in [4.69, 9.17) is 9.84 Å². The van der Waals surface area contributed by atoms with Crippen molar-refractivity contribution >= 4 is 17.5 Å². The molecule has 0 spiro atoms. The summed E-state index contributed by atoms with van der Waals surface area (Å²) in [4.78, 5) is 33.9. The fourth-order valence-corrected chi connectivity index (χ4v) is 1.51. The molecular weight excluding hydrogens is 262 g/mol. The summed E-state index contributed by atoms with van der Waals surface area (Å²) in [5.41, 5.74) is 0. The van der Waals surface area contributed by atoms with E-state index in [2.05, 4.69) is 5.32 Å². The van der Waals surface area contributed by atoms with E-state index in [1.165, 1.54) is 38.1 Å². The zero-order valence-electron chi connectivity index (χ0n) is 11.4. The summed E-state index contributed by atoms with van der Waals surface area (Å²) >= 11 is 0. The van der Waals surface area contributed by atoms with Gasteiger partial charge in [-0.25, -0.2) is 0 Å². The lowest BCUT2D eigenvalue weighted by Gasteiger charge is -2.14. The van der Waals surface area contributed by atoms with Crippen LogP contribution in [0.15, 0.2) is 24.3 Å². The van der Waals surface area contributed by atoms with Gasteiger partial charge in [0.2, 0.25) is 0 Å². The van der Waals surface area contributed by atoms with E-state index in [-0.39, 0.29) is 30.3 Å². The molecule has 1 amide bonds. The molecule has 0 fully saturated rings. The molecule has 1 atom stereocenters. The zero-order valence-corrected chi connectivity index (χ0v) is 11.4. The van der Waals surface area contributed by atoms with Crippen LogP contribution in [0.25, 0.3) is 0 Å². The van der Waals surface area contributed by atoms with Gasteiger partial charge in [0, 0.05) is 6.42 Å². The molecule has 1 unspecified atom stereocenters. The maximum atomic E-state index is 11.6. The maximum absolute atomic E-state index is 11.6. The maximum Gasteiger partial charge on any atom is 0.258 e. The van der Waals surface area contributed by atoms with Crippen LogP contribution in [0.3, 0.4) is 0 Å². The first-order valence-corrected chi connectivity index (χ1v) is 6.09.